The standard InChI is InChI=1S/C29H33FN6O4S/c1-15(2)41(37,38)13-17-7-8-21(23(9-17)39-6)35-28-33-12-20-22(36-28)10-18(24(30)25(20)31)19-11-32-27-26(16(19)3)34-14-29(4,5)40-27/h7-12,15,34H,13-14,31H2,1-6H3,(H,33,35,36). The van der Waals surface area contributed by atoms with E-state index < -0.39 is 26.5 Å². The summed E-state index contributed by atoms with van der Waals surface area (Å²) >= 11 is 0. The number of sulfone groups is 1. The van der Waals surface area contributed by atoms with Crippen LogP contribution in [0, 0.1) is 12.7 Å². The van der Waals surface area contributed by atoms with Crippen LogP contribution in [-0.2, 0) is 15.6 Å². The summed E-state index contributed by atoms with van der Waals surface area (Å²) in [6.45, 7) is 9.68. The molecule has 10 nitrogen and oxygen atoms in total. The van der Waals surface area contributed by atoms with Crippen LogP contribution in [0.2, 0.25) is 0 Å². The van der Waals surface area contributed by atoms with Crippen molar-refractivity contribution in [1.82, 2.24) is 15.0 Å². The molecule has 0 saturated heterocycles. The molecule has 0 saturated carbocycles. The minimum Gasteiger partial charge on any atom is -0.495 e. The lowest BCUT2D eigenvalue weighted by atomic mass is 9.97. The molecular formula is C29H33FN6O4S. The zero-order valence-corrected chi connectivity index (χ0v) is 24.6. The number of nitrogens with one attached hydrogen (secondary N) is 2. The van der Waals surface area contributed by atoms with E-state index >= 15 is 4.39 Å². The van der Waals surface area contributed by atoms with Gasteiger partial charge in [-0.2, -0.15) is 0 Å². The van der Waals surface area contributed by atoms with E-state index in [1.54, 1.807) is 44.3 Å². The number of methoxy groups -OCH3 is 1. The molecule has 0 spiro atoms. The molecule has 1 aliphatic heterocycles. The first-order valence-electron chi connectivity index (χ1n) is 13.1. The van der Waals surface area contributed by atoms with E-state index in [9.17, 15) is 8.42 Å². The van der Waals surface area contributed by atoms with E-state index in [4.69, 9.17) is 15.2 Å². The number of aromatic nitrogens is 3. The molecule has 0 bridgehead atoms. The first-order valence-corrected chi connectivity index (χ1v) is 14.8. The highest BCUT2D eigenvalue weighted by molar-refractivity contribution is 7.91. The molecular weight excluding hydrogens is 547 g/mol. The van der Waals surface area contributed by atoms with Crippen molar-refractivity contribution < 1.29 is 22.3 Å². The highest BCUT2D eigenvalue weighted by Gasteiger charge is 2.30. The van der Waals surface area contributed by atoms with Crippen LogP contribution in [-0.4, -0.2) is 47.9 Å². The number of anilines is 4. The normalized spacial score (nSPS) is 14.3. The Balaban J connectivity index is 1.50. The summed E-state index contributed by atoms with van der Waals surface area (Å²) in [7, 11) is -1.78. The molecule has 0 atom stereocenters. The zero-order chi connectivity index (χ0) is 29.7. The van der Waals surface area contributed by atoms with E-state index in [0.717, 1.165) is 5.56 Å². The number of rotatable bonds is 7. The molecule has 4 N–H and O–H groups in total. The van der Waals surface area contributed by atoms with Gasteiger partial charge in [-0.05, 0) is 63.9 Å². The Bertz CT molecular complexity index is 1780. The van der Waals surface area contributed by atoms with Gasteiger partial charge in [-0.15, -0.1) is 0 Å². The van der Waals surface area contributed by atoms with Crippen LogP contribution < -0.4 is 25.8 Å². The molecule has 2 aromatic heterocycles. The molecule has 4 aromatic rings. The monoisotopic (exact) mass is 580 g/mol. The number of hydrogen-bond donors (Lipinski definition) is 3. The minimum atomic E-state index is -3.28. The number of benzene rings is 2. The lowest BCUT2D eigenvalue weighted by molar-refractivity contribution is 0.109. The van der Waals surface area contributed by atoms with Crippen LogP contribution in [0.15, 0.2) is 36.7 Å². The van der Waals surface area contributed by atoms with Crippen LogP contribution in [0.1, 0.15) is 38.8 Å². The second-order valence-electron chi connectivity index (χ2n) is 11.0. The molecule has 2 aromatic carbocycles. The fourth-order valence-corrected chi connectivity index (χ4v) is 5.59. The van der Waals surface area contributed by atoms with Gasteiger partial charge in [0.05, 0.1) is 41.5 Å². The van der Waals surface area contributed by atoms with Crippen molar-refractivity contribution in [2.75, 3.05) is 30.0 Å². The highest BCUT2D eigenvalue weighted by Crippen LogP contribution is 2.41. The maximum absolute atomic E-state index is 15.6. The Morgan fingerprint density at radius 1 is 1.20 bits per heavy atom. The lowest BCUT2D eigenvalue weighted by Crippen LogP contribution is -2.40. The maximum atomic E-state index is 15.6. The molecule has 0 aliphatic carbocycles. The topological polar surface area (TPSA) is 141 Å². The van der Waals surface area contributed by atoms with Crippen molar-refractivity contribution in [3.05, 3.63) is 53.6 Å². The maximum Gasteiger partial charge on any atom is 0.238 e. The van der Waals surface area contributed by atoms with Gasteiger partial charge >= 0.3 is 0 Å². The van der Waals surface area contributed by atoms with Gasteiger partial charge in [0.1, 0.15) is 17.0 Å². The molecule has 3 heterocycles. The van der Waals surface area contributed by atoms with E-state index in [-0.39, 0.29) is 23.0 Å². The molecule has 0 radical (unpaired) electrons. The number of ether oxygens (including phenoxy) is 2. The third-order valence-electron chi connectivity index (χ3n) is 7.12. The van der Waals surface area contributed by atoms with E-state index in [2.05, 4.69) is 25.6 Å². The Kier molecular flexibility index (Phi) is 7.14. The second-order valence-corrected chi connectivity index (χ2v) is 13.5. The number of nitrogen functional groups attached to an aromatic ring is 1. The Morgan fingerprint density at radius 2 is 1.95 bits per heavy atom. The Hall–Kier alpha value is -4.19. The minimum absolute atomic E-state index is 0.0696. The van der Waals surface area contributed by atoms with E-state index in [1.807, 2.05) is 20.8 Å². The lowest BCUT2D eigenvalue weighted by Gasteiger charge is -2.33. The first kappa shape index (κ1) is 28.3. The SMILES string of the molecule is COc1cc(CS(=O)(=O)C(C)C)ccc1Nc1ncc2c(N)c(F)c(-c3cnc4c(c3C)NCC(C)(C)O4)cc2n1. The van der Waals surface area contributed by atoms with Crippen molar-refractivity contribution in [2.45, 2.75) is 51.2 Å². The third kappa shape index (κ3) is 5.43. The molecule has 216 valence electrons. The number of pyridine rings is 1. The van der Waals surface area contributed by atoms with Gasteiger partial charge < -0.3 is 25.8 Å². The Morgan fingerprint density at radius 3 is 2.66 bits per heavy atom. The summed E-state index contributed by atoms with van der Waals surface area (Å²) in [5.74, 6) is 0.438. The smallest absolute Gasteiger partial charge is 0.238 e. The second kappa shape index (κ2) is 10.3. The predicted octanol–water partition coefficient (Wildman–Crippen LogP) is 5.38. The summed E-state index contributed by atoms with van der Waals surface area (Å²) in [4.78, 5) is 13.4. The molecule has 0 amide bonds. The van der Waals surface area contributed by atoms with Crippen molar-refractivity contribution in [2.24, 2.45) is 0 Å². The highest BCUT2D eigenvalue weighted by atomic mass is 32.2. The zero-order valence-electron chi connectivity index (χ0n) is 23.8. The number of fused-ring (bicyclic) bond motifs is 2. The average Bonchev–Trinajstić information content (AvgIpc) is 2.91. The van der Waals surface area contributed by atoms with E-state index in [1.165, 1.54) is 13.3 Å². The predicted molar refractivity (Wildman–Crippen MR) is 159 cm³/mol. The molecule has 0 fully saturated rings. The summed E-state index contributed by atoms with van der Waals surface area (Å²) in [5.41, 5.74) is 9.60. The quantitative estimate of drug-likeness (QED) is 0.244. The fraction of sp³-hybridized carbons (Fsp3) is 0.345. The van der Waals surface area contributed by atoms with Gasteiger partial charge in [0.15, 0.2) is 15.7 Å². The van der Waals surface area contributed by atoms with E-state index in [0.29, 0.717) is 51.6 Å². The van der Waals surface area contributed by atoms with Crippen LogP contribution in [0.4, 0.5) is 27.4 Å². The number of halogens is 1. The van der Waals surface area contributed by atoms with Crippen molar-refractivity contribution in [3.8, 4) is 22.8 Å². The average molecular weight is 581 g/mol. The van der Waals surface area contributed by atoms with Gasteiger partial charge in [0, 0.05) is 28.9 Å². The molecule has 12 heteroatoms. The number of hydrogen-bond acceptors (Lipinski definition) is 10. The number of nitrogens with two attached hydrogens (primary N) is 1. The van der Waals surface area contributed by atoms with Gasteiger partial charge in [-0.3, -0.25) is 0 Å². The molecule has 5 rings (SSSR count). The van der Waals surface area contributed by atoms with Crippen LogP contribution in [0.5, 0.6) is 11.6 Å². The van der Waals surface area contributed by atoms with Crippen molar-refractivity contribution in [3.63, 3.8) is 0 Å². The van der Waals surface area contributed by atoms with Crippen molar-refractivity contribution >= 4 is 43.8 Å². The van der Waals surface area contributed by atoms with Crippen molar-refractivity contribution in [1.29, 1.82) is 0 Å². The Labute approximate surface area is 238 Å². The van der Waals surface area contributed by atoms with Crippen LogP contribution in [0.25, 0.3) is 22.0 Å². The van der Waals surface area contributed by atoms with Gasteiger partial charge in [-0.25, -0.2) is 27.8 Å². The molecule has 0 unspecified atom stereocenters. The summed E-state index contributed by atoms with van der Waals surface area (Å²) in [6.07, 6.45) is 3.03. The number of nitrogens with zero attached hydrogens (tertiary/aromatic N) is 3. The van der Waals surface area contributed by atoms with Crippen LogP contribution >= 0.6 is 0 Å². The summed E-state index contributed by atoms with van der Waals surface area (Å²) in [5, 5.41) is 6.34. The largest absolute Gasteiger partial charge is 0.495 e. The van der Waals surface area contributed by atoms with Gasteiger partial charge in [0.25, 0.3) is 0 Å². The van der Waals surface area contributed by atoms with Gasteiger partial charge in [0.2, 0.25) is 11.8 Å². The molecule has 1 aliphatic rings. The summed E-state index contributed by atoms with van der Waals surface area (Å²) < 4.78 is 51.8. The molecule has 41 heavy (non-hydrogen) atoms. The first-order chi connectivity index (χ1) is 19.3. The van der Waals surface area contributed by atoms with Crippen LogP contribution in [0.3, 0.4) is 0 Å². The fourth-order valence-electron chi connectivity index (χ4n) is 4.62. The van der Waals surface area contributed by atoms with Gasteiger partial charge in [-0.1, -0.05) is 6.07 Å². The third-order valence-corrected chi connectivity index (χ3v) is 9.29. The summed E-state index contributed by atoms with van der Waals surface area (Å²) in [6, 6.07) is 6.71.